The van der Waals surface area contributed by atoms with Crippen LogP contribution in [0.2, 0.25) is 0 Å². The minimum atomic E-state index is -1.11. The molecule has 0 aliphatic carbocycles. The lowest BCUT2D eigenvalue weighted by atomic mass is 9.69. The first-order valence-corrected chi connectivity index (χ1v) is 13.5. The fraction of sp³-hybridized carbons (Fsp3) is 0.500. The summed E-state index contributed by atoms with van der Waals surface area (Å²) >= 11 is 0. The highest BCUT2D eigenvalue weighted by atomic mass is 16.5. The third-order valence-electron chi connectivity index (χ3n) is 8.19. The smallest absolute Gasteiger partial charge is 0.247 e. The van der Waals surface area contributed by atoms with Crippen LogP contribution in [0.25, 0.3) is 0 Å². The number of rotatable bonds is 9. The average molecular weight is 521 g/mol. The Bertz CT molecular complexity index is 1120. The van der Waals surface area contributed by atoms with Crippen molar-refractivity contribution in [3.8, 4) is 0 Å². The number of carbonyl (C=O) groups excluding carboxylic acids is 3. The van der Waals surface area contributed by atoms with E-state index in [0.717, 1.165) is 17.5 Å². The lowest BCUT2D eigenvalue weighted by molar-refractivity contribution is -0.147. The second-order valence-corrected chi connectivity index (χ2v) is 11.0. The second kappa shape index (κ2) is 11.7. The molecule has 8 heteroatoms. The van der Waals surface area contributed by atoms with E-state index in [1.807, 2.05) is 62.5 Å². The highest BCUT2D eigenvalue weighted by molar-refractivity contribution is 5.93. The molecule has 2 aromatic carbocycles. The number of benzene rings is 2. The Morgan fingerprint density at radius 3 is 2.47 bits per heavy atom. The average Bonchev–Trinajstić information content (AvgIpc) is 3.17. The number of likely N-dealkylation sites (tertiary alicyclic amines) is 2. The van der Waals surface area contributed by atoms with E-state index in [2.05, 4.69) is 17.4 Å². The first-order chi connectivity index (χ1) is 18.2. The number of hydrogen-bond acceptors (Lipinski definition) is 5. The Kier molecular flexibility index (Phi) is 8.53. The third kappa shape index (κ3) is 5.76. The molecule has 38 heavy (non-hydrogen) atoms. The highest BCUT2D eigenvalue weighted by Crippen LogP contribution is 2.49. The fourth-order valence-corrected chi connectivity index (χ4v) is 5.65. The van der Waals surface area contributed by atoms with Crippen molar-refractivity contribution in [2.24, 2.45) is 11.1 Å². The lowest BCUT2D eigenvalue weighted by Crippen LogP contribution is -2.61. The summed E-state index contributed by atoms with van der Waals surface area (Å²) in [5, 5.41) is 2.86. The zero-order valence-corrected chi connectivity index (χ0v) is 22.7. The molecule has 8 nitrogen and oxygen atoms in total. The summed E-state index contributed by atoms with van der Waals surface area (Å²) < 4.78 is 5.91. The van der Waals surface area contributed by atoms with Crippen LogP contribution in [0.15, 0.2) is 60.7 Å². The van der Waals surface area contributed by atoms with Gasteiger partial charge in [0.2, 0.25) is 17.7 Å². The molecule has 1 spiro atoms. The Balaban J connectivity index is 1.55. The van der Waals surface area contributed by atoms with Crippen LogP contribution in [-0.2, 0) is 25.7 Å². The minimum absolute atomic E-state index is 0.00778. The van der Waals surface area contributed by atoms with Crippen molar-refractivity contribution in [1.29, 1.82) is 0 Å². The molecular formula is C30H40N4O4. The first-order valence-electron chi connectivity index (χ1n) is 13.5. The number of nitrogens with zero attached hydrogens (tertiary/aromatic N) is 2. The van der Waals surface area contributed by atoms with E-state index in [1.165, 1.54) is 0 Å². The van der Waals surface area contributed by atoms with Gasteiger partial charge in [-0.25, -0.2) is 0 Å². The Labute approximate surface area is 225 Å². The maximum Gasteiger partial charge on any atom is 0.247 e. The summed E-state index contributed by atoms with van der Waals surface area (Å²) in [7, 11) is 1.83. The second-order valence-electron chi connectivity index (χ2n) is 11.0. The van der Waals surface area contributed by atoms with Crippen molar-refractivity contribution in [3.05, 3.63) is 71.8 Å². The van der Waals surface area contributed by atoms with E-state index in [1.54, 1.807) is 16.7 Å². The monoisotopic (exact) mass is 520 g/mol. The number of ether oxygens (including phenoxy) is 1. The number of hydrogen-bond donors (Lipinski definition) is 2. The first kappa shape index (κ1) is 27.8. The van der Waals surface area contributed by atoms with E-state index in [9.17, 15) is 14.4 Å². The van der Waals surface area contributed by atoms with Crippen molar-refractivity contribution in [2.45, 2.75) is 57.2 Å². The molecule has 4 rings (SSSR count). The van der Waals surface area contributed by atoms with Crippen LogP contribution in [0.3, 0.4) is 0 Å². The summed E-state index contributed by atoms with van der Waals surface area (Å²) in [4.78, 5) is 44.0. The van der Waals surface area contributed by atoms with Crippen LogP contribution in [0.5, 0.6) is 0 Å². The predicted octanol–water partition coefficient (Wildman–Crippen LogP) is 2.68. The Morgan fingerprint density at radius 2 is 1.82 bits per heavy atom. The van der Waals surface area contributed by atoms with E-state index < -0.39 is 22.9 Å². The minimum Gasteiger partial charge on any atom is -0.374 e. The molecular weight excluding hydrogens is 480 g/mol. The van der Waals surface area contributed by atoms with E-state index in [0.29, 0.717) is 39.1 Å². The standard InChI is InChI=1S/C30H40N4O4/c1-4-29(2,31)27(36)32-25(20-38-19-22-12-7-5-8-13-22)26(35)34-17-11-16-30(21-34)24(18-33(3)28(30)37)23-14-9-6-10-15-23/h5-10,12-15,24-25H,4,11,16-21,31H2,1-3H3,(H,32,36)/t24-,25?,29?,30-/m0/s1. The van der Waals surface area contributed by atoms with Gasteiger partial charge in [0.1, 0.15) is 6.04 Å². The van der Waals surface area contributed by atoms with Crippen LogP contribution in [0.1, 0.15) is 50.2 Å². The summed E-state index contributed by atoms with van der Waals surface area (Å²) in [6.07, 6.45) is 1.86. The molecule has 2 aliphatic heterocycles. The zero-order chi connectivity index (χ0) is 27.3. The maximum atomic E-state index is 13.9. The van der Waals surface area contributed by atoms with Crippen LogP contribution in [0, 0.1) is 5.41 Å². The van der Waals surface area contributed by atoms with Gasteiger partial charge in [-0.2, -0.15) is 0 Å². The molecule has 0 aromatic heterocycles. The van der Waals surface area contributed by atoms with Gasteiger partial charge in [-0.05, 0) is 37.3 Å². The van der Waals surface area contributed by atoms with Gasteiger partial charge in [0.25, 0.3) is 0 Å². The number of likely N-dealkylation sites (N-methyl/N-ethyl adjacent to an activating group) is 1. The quantitative estimate of drug-likeness (QED) is 0.529. The van der Waals surface area contributed by atoms with Gasteiger partial charge in [-0.1, -0.05) is 67.6 Å². The molecule has 3 amide bonds. The third-order valence-corrected chi connectivity index (χ3v) is 8.19. The Hall–Kier alpha value is -3.23. The summed E-state index contributed by atoms with van der Waals surface area (Å²) in [5.74, 6) is -0.573. The van der Waals surface area contributed by atoms with Crippen LogP contribution in [-0.4, -0.2) is 72.4 Å². The molecule has 0 saturated carbocycles. The van der Waals surface area contributed by atoms with Crippen LogP contribution in [0.4, 0.5) is 0 Å². The van der Waals surface area contributed by atoms with Gasteiger partial charge in [0.05, 0.1) is 24.2 Å². The normalized spacial score (nSPS) is 23.8. The van der Waals surface area contributed by atoms with E-state index in [4.69, 9.17) is 10.5 Å². The molecule has 0 bridgehead atoms. The summed E-state index contributed by atoms with van der Waals surface area (Å²) in [6.45, 7) is 5.28. The molecule has 2 aliphatic rings. The van der Waals surface area contributed by atoms with Crippen molar-refractivity contribution < 1.29 is 19.1 Å². The number of nitrogens with one attached hydrogen (secondary N) is 1. The SMILES string of the molecule is CCC(C)(N)C(=O)NC(COCc1ccccc1)C(=O)N1CCC[C@@]2(C1)C(=O)N(C)C[C@H]2c1ccccc1. The number of amides is 3. The zero-order valence-electron chi connectivity index (χ0n) is 22.7. The summed E-state index contributed by atoms with van der Waals surface area (Å²) in [6, 6.07) is 18.9. The molecule has 0 radical (unpaired) electrons. The summed E-state index contributed by atoms with van der Waals surface area (Å²) in [5.41, 5.74) is 6.48. The maximum absolute atomic E-state index is 13.9. The molecule has 2 unspecified atom stereocenters. The Morgan fingerprint density at radius 1 is 1.16 bits per heavy atom. The molecule has 2 aromatic rings. The molecule has 4 atom stereocenters. The van der Waals surface area contributed by atoms with Crippen molar-refractivity contribution in [3.63, 3.8) is 0 Å². The van der Waals surface area contributed by atoms with E-state index in [-0.39, 0.29) is 24.3 Å². The molecule has 2 saturated heterocycles. The van der Waals surface area contributed by atoms with Crippen molar-refractivity contribution >= 4 is 17.7 Å². The van der Waals surface area contributed by atoms with Gasteiger partial charge in [-0.15, -0.1) is 0 Å². The number of carbonyl (C=O) groups is 3. The van der Waals surface area contributed by atoms with Crippen LogP contribution < -0.4 is 11.1 Å². The van der Waals surface area contributed by atoms with Crippen LogP contribution >= 0.6 is 0 Å². The molecule has 2 heterocycles. The lowest BCUT2D eigenvalue weighted by Gasteiger charge is -2.43. The molecule has 2 fully saturated rings. The number of piperidine rings is 1. The van der Waals surface area contributed by atoms with Gasteiger partial charge < -0.3 is 25.6 Å². The largest absolute Gasteiger partial charge is 0.374 e. The number of nitrogens with two attached hydrogens (primary N) is 1. The van der Waals surface area contributed by atoms with Gasteiger partial charge in [0.15, 0.2) is 0 Å². The van der Waals surface area contributed by atoms with Gasteiger partial charge in [-0.3, -0.25) is 14.4 Å². The van der Waals surface area contributed by atoms with Crippen molar-refractivity contribution in [2.75, 3.05) is 33.3 Å². The molecule has 3 N–H and O–H groups in total. The predicted molar refractivity (Wildman–Crippen MR) is 146 cm³/mol. The highest BCUT2D eigenvalue weighted by Gasteiger charge is 2.55. The van der Waals surface area contributed by atoms with Gasteiger partial charge in [0, 0.05) is 32.6 Å². The van der Waals surface area contributed by atoms with Crippen molar-refractivity contribution in [1.82, 2.24) is 15.1 Å². The van der Waals surface area contributed by atoms with E-state index >= 15 is 0 Å². The fourth-order valence-electron chi connectivity index (χ4n) is 5.65. The topological polar surface area (TPSA) is 105 Å². The van der Waals surface area contributed by atoms with Gasteiger partial charge >= 0.3 is 0 Å². The molecule has 204 valence electrons.